The quantitative estimate of drug-likeness (QED) is 0.300. The number of nitrogens with zero attached hydrogens (tertiary/aromatic N) is 3. The van der Waals surface area contributed by atoms with Crippen molar-refractivity contribution in [1.82, 2.24) is 14.7 Å². The van der Waals surface area contributed by atoms with Crippen LogP contribution in [0.1, 0.15) is 71.1 Å². The molecule has 0 bridgehead atoms. The van der Waals surface area contributed by atoms with E-state index in [0.717, 1.165) is 54.6 Å². The van der Waals surface area contributed by atoms with Gasteiger partial charge in [0.05, 0.1) is 19.9 Å². The van der Waals surface area contributed by atoms with Crippen molar-refractivity contribution >= 4 is 17.4 Å². The normalized spacial score (nSPS) is 21.0. The van der Waals surface area contributed by atoms with Crippen molar-refractivity contribution < 1.29 is 19.1 Å². The summed E-state index contributed by atoms with van der Waals surface area (Å²) in [5.74, 6) is 1.97. The van der Waals surface area contributed by atoms with Crippen LogP contribution in [0, 0.1) is 11.8 Å². The van der Waals surface area contributed by atoms with Gasteiger partial charge in [-0.3, -0.25) is 9.59 Å². The largest absolute Gasteiger partial charge is 0.493 e. The Morgan fingerprint density at radius 2 is 1.80 bits per heavy atom. The SMILES string of the molecule is CC[C@H]1CN(C(=O)c2cc3n(n2)/C(c2ccc(OC)c(OC)c2)=C\C=C/CC3)CCCC1CC(=O)c1ccccc1. The third-order valence-electron chi connectivity index (χ3n) is 8.35. The smallest absolute Gasteiger partial charge is 0.274 e. The van der Waals surface area contributed by atoms with Crippen LogP contribution in [-0.2, 0) is 6.42 Å². The highest BCUT2D eigenvalue weighted by Gasteiger charge is 2.31. The summed E-state index contributed by atoms with van der Waals surface area (Å²) in [6.07, 6.45) is 11.1. The second kappa shape index (κ2) is 13.0. The fourth-order valence-corrected chi connectivity index (χ4v) is 6.04. The maximum atomic E-state index is 13.9. The van der Waals surface area contributed by atoms with Gasteiger partial charge in [-0.2, -0.15) is 5.10 Å². The number of likely N-dealkylation sites (tertiary alicyclic amines) is 1. The molecule has 1 saturated heterocycles. The number of rotatable bonds is 8. The van der Waals surface area contributed by atoms with Gasteiger partial charge >= 0.3 is 0 Å². The van der Waals surface area contributed by atoms with Crippen molar-refractivity contribution in [2.45, 2.75) is 45.4 Å². The molecule has 2 aliphatic rings. The zero-order chi connectivity index (χ0) is 28.8. The Hall–Kier alpha value is -4.13. The maximum Gasteiger partial charge on any atom is 0.274 e. The lowest BCUT2D eigenvalue weighted by atomic mass is 9.82. The van der Waals surface area contributed by atoms with Gasteiger partial charge in [-0.15, -0.1) is 0 Å². The number of carbonyl (C=O) groups excluding carboxylic acids is 2. The van der Waals surface area contributed by atoms with Gasteiger partial charge in [0.25, 0.3) is 5.91 Å². The van der Waals surface area contributed by atoms with Crippen molar-refractivity contribution in [2.24, 2.45) is 11.8 Å². The fraction of sp³-hybridized carbons (Fsp3) is 0.382. The lowest BCUT2D eigenvalue weighted by Gasteiger charge is -2.27. The number of Topliss-reactive ketones (excluding diaryl/α,β-unsaturated/α-hetero) is 1. The number of hydrogen-bond acceptors (Lipinski definition) is 5. The van der Waals surface area contributed by atoms with E-state index in [0.29, 0.717) is 36.7 Å². The van der Waals surface area contributed by atoms with Crippen LogP contribution in [-0.4, -0.2) is 53.7 Å². The molecular formula is C34H39N3O4. The molecule has 1 unspecified atom stereocenters. The molecule has 41 heavy (non-hydrogen) atoms. The van der Waals surface area contributed by atoms with Crippen molar-refractivity contribution in [3.8, 4) is 11.5 Å². The number of carbonyl (C=O) groups is 2. The number of ether oxygens (including phenoxy) is 2. The molecule has 3 aromatic rings. The molecule has 7 nitrogen and oxygen atoms in total. The summed E-state index contributed by atoms with van der Waals surface area (Å²) in [5.41, 5.74) is 4.01. The molecule has 2 aliphatic heterocycles. The third-order valence-corrected chi connectivity index (χ3v) is 8.35. The summed E-state index contributed by atoms with van der Waals surface area (Å²) >= 11 is 0. The highest BCUT2D eigenvalue weighted by atomic mass is 16.5. The molecule has 1 aromatic heterocycles. The highest BCUT2D eigenvalue weighted by molar-refractivity contribution is 5.96. The van der Waals surface area contributed by atoms with Crippen molar-refractivity contribution in [3.63, 3.8) is 0 Å². The molecular weight excluding hydrogens is 514 g/mol. The monoisotopic (exact) mass is 553 g/mol. The number of methoxy groups -OCH3 is 2. The molecule has 0 saturated carbocycles. The first-order valence-electron chi connectivity index (χ1n) is 14.6. The standard InChI is InChI=1S/C34H39N3O4/c1-4-24-23-36(19-11-14-26(24)20-31(38)25-12-7-5-8-13-25)34(39)29-22-28-15-9-6-10-16-30(37(28)35-29)27-17-18-32(40-2)33(21-27)41-3/h5-8,10,12-13,16-18,21-22,24,26H,4,9,11,14-15,19-20,23H2,1-3H3/b10-6-,30-16-/t24-,26?/m0/s1. The number of fused-ring (bicyclic) bond motifs is 1. The third kappa shape index (κ3) is 6.29. The minimum Gasteiger partial charge on any atom is -0.493 e. The van der Waals surface area contributed by atoms with Gasteiger partial charge in [-0.1, -0.05) is 55.8 Å². The lowest BCUT2D eigenvalue weighted by molar-refractivity contribution is 0.0722. The topological polar surface area (TPSA) is 73.7 Å². The molecule has 0 spiro atoms. The predicted octanol–water partition coefficient (Wildman–Crippen LogP) is 6.44. The molecule has 0 radical (unpaired) electrons. The van der Waals surface area contributed by atoms with Gasteiger partial charge in [0, 0.05) is 36.3 Å². The van der Waals surface area contributed by atoms with Crippen LogP contribution in [0.5, 0.6) is 11.5 Å². The molecule has 5 rings (SSSR count). The number of amides is 1. The number of aryl methyl sites for hydroxylation is 1. The van der Waals surface area contributed by atoms with Crippen LogP contribution in [0.25, 0.3) is 5.70 Å². The fourth-order valence-electron chi connectivity index (χ4n) is 6.04. The van der Waals surface area contributed by atoms with Crippen LogP contribution < -0.4 is 9.47 Å². The van der Waals surface area contributed by atoms with E-state index in [1.165, 1.54) is 0 Å². The van der Waals surface area contributed by atoms with Crippen molar-refractivity contribution in [2.75, 3.05) is 27.3 Å². The van der Waals surface area contributed by atoms with Crippen LogP contribution in [0.3, 0.4) is 0 Å². The second-order valence-electron chi connectivity index (χ2n) is 10.8. The Morgan fingerprint density at radius 1 is 1.00 bits per heavy atom. The van der Waals surface area contributed by atoms with Gasteiger partial charge in [-0.05, 0) is 67.9 Å². The maximum absolute atomic E-state index is 13.9. The number of allylic oxidation sites excluding steroid dienone is 3. The number of hydrogen-bond donors (Lipinski definition) is 0. The molecule has 1 amide bonds. The average molecular weight is 554 g/mol. The number of ketones is 1. The first-order chi connectivity index (χ1) is 20.0. The Balaban J connectivity index is 1.37. The van der Waals surface area contributed by atoms with E-state index in [2.05, 4.69) is 13.0 Å². The van der Waals surface area contributed by atoms with Gasteiger partial charge in [0.15, 0.2) is 23.0 Å². The van der Waals surface area contributed by atoms with Crippen LogP contribution in [0.15, 0.2) is 72.8 Å². The zero-order valence-electron chi connectivity index (χ0n) is 24.2. The van der Waals surface area contributed by atoms with E-state index < -0.39 is 0 Å². The minimum absolute atomic E-state index is 0.0441. The van der Waals surface area contributed by atoms with E-state index in [9.17, 15) is 9.59 Å². The van der Waals surface area contributed by atoms with Gasteiger partial charge in [0.2, 0.25) is 0 Å². The van der Waals surface area contributed by atoms with E-state index in [4.69, 9.17) is 14.6 Å². The van der Waals surface area contributed by atoms with Gasteiger partial charge in [-0.25, -0.2) is 4.68 Å². The minimum atomic E-state index is -0.0441. The first-order valence-corrected chi connectivity index (χ1v) is 14.6. The van der Waals surface area contributed by atoms with Gasteiger partial charge in [0.1, 0.15) is 0 Å². The van der Waals surface area contributed by atoms with E-state index in [1.807, 2.05) is 76.3 Å². The Bertz CT molecular complexity index is 1440. The summed E-state index contributed by atoms with van der Waals surface area (Å²) in [5, 5.41) is 4.87. The molecule has 0 aliphatic carbocycles. The average Bonchev–Trinajstić information content (AvgIpc) is 3.29. The molecule has 1 fully saturated rings. The van der Waals surface area contributed by atoms with E-state index >= 15 is 0 Å². The first kappa shape index (κ1) is 28.4. The molecule has 7 heteroatoms. The second-order valence-corrected chi connectivity index (χ2v) is 10.8. The number of benzene rings is 2. The predicted molar refractivity (Wildman–Crippen MR) is 160 cm³/mol. The summed E-state index contributed by atoms with van der Waals surface area (Å²) in [4.78, 5) is 28.8. The summed E-state index contributed by atoms with van der Waals surface area (Å²) in [7, 11) is 3.24. The molecule has 2 aromatic carbocycles. The highest BCUT2D eigenvalue weighted by Crippen LogP contribution is 2.33. The van der Waals surface area contributed by atoms with Crippen molar-refractivity contribution in [1.29, 1.82) is 0 Å². The van der Waals surface area contributed by atoms with E-state index in [1.54, 1.807) is 14.2 Å². The zero-order valence-corrected chi connectivity index (χ0v) is 24.2. The molecule has 3 heterocycles. The Morgan fingerprint density at radius 3 is 2.56 bits per heavy atom. The lowest BCUT2D eigenvalue weighted by Crippen LogP contribution is -2.36. The van der Waals surface area contributed by atoms with Crippen LogP contribution in [0.2, 0.25) is 0 Å². The van der Waals surface area contributed by atoms with Crippen molar-refractivity contribution in [3.05, 3.63) is 95.3 Å². The number of aromatic nitrogens is 2. The molecule has 214 valence electrons. The van der Waals surface area contributed by atoms with Crippen LogP contribution >= 0.6 is 0 Å². The van der Waals surface area contributed by atoms with Gasteiger partial charge < -0.3 is 14.4 Å². The van der Waals surface area contributed by atoms with E-state index in [-0.39, 0.29) is 23.5 Å². The summed E-state index contributed by atoms with van der Waals surface area (Å²) in [6, 6.07) is 17.3. The Labute approximate surface area is 242 Å². The Kier molecular flexibility index (Phi) is 9.02. The summed E-state index contributed by atoms with van der Waals surface area (Å²) in [6.45, 7) is 3.48. The molecule has 0 N–H and O–H groups in total. The molecule has 2 atom stereocenters. The van der Waals surface area contributed by atoms with Crippen LogP contribution in [0.4, 0.5) is 0 Å². The summed E-state index contributed by atoms with van der Waals surface area (Å²) < 4.78 is 12.9.